The van der Waals surface area contributed by atoms with Crippen LogP contribution in [-0.2, 0) is 16.4 Å². The summed E-state index contributed by atoms with van der Waals surface area (Å²) >= 11 is 0. The topological polar surface area (TPSA) is 76.4 Å². The second-order valence-corrected chi connectivity index (χ2v) is 6.95. The van der Waals surface area contributed by atoms with Crippen LogP contribution in [0.25, 0.3) is 10.9 Å². The summed E-state index contributed by atoms with van der Waals surface area (Å²) in [5.41, 5.74) is -0.211. The quantitative estimate of drug-likeness (QED) is 0.801. The van der Waals surface area contributed by atoms with Crippen LogP contribution >= 0.6 is 0 Å². The van der Waals surface area contributed by atoms with Crippen molar-refractivity contribution in [2.24, 2.45) is 0 Å². The van der Waals surface area contributed by atoms with Gasteiger partial charge in [0.25, 0.3) is 5.56 Å². The smallest absolute Gasteiger partial charge is 0.274 e. The van der Waals surface area contributed by atoms with Crippen molar-refractivity contribution in [2.45, 2.75) is 23.3 Å². The Morgan fingerprint density at radius 1 is 1.00 bits per heavy atom. The van der Waals surface area contributed by atoms with Crippen molar-refractivity contribution in [3.63, 3.8) is 0 Å². The van der Waals surface area contributed by atoms with Crippen LogP contribution in [0.5, 0.6) is 5.75 Å². The second-order valence-electron chi connectivity index (χ2n) is 5.06. The van der Waals surface area contributed by atoms with Crippen molar-refractivity contribution in [2.75, 3.05) is 0 Å². The number of pyridine rings is 1. The third-order valence-corrected chi connectivity index (χ3v) is 5.54. The Morgan fingerprint density at radius 3 is 2.26 bits per heavy atom. The Kier molecular flexibility index (Phi) is 3.69. The van der Waals surface area contributed by atoms with Gasteiger partial charge in [0.1, 0.15) is 5.75 Å². The summed E-state index contributed by atoms with van der Waals surface area (Å²) in [5.74, 6) is -0.501. The average molecular weight is 329 g/mol. The lowest BCUT2D eigenvalue weighted by Crippen LogP contribution is -2.26. The van der Waals surface area contributed by atoms with E-state index in [1.54, 1.807) is 49.4 Å². The Balaban J connectivity index is 2.46. The number of para-hydroxylation sites is 1. The van der Waals surface area contributed by atoms with Crippen molar-refractivity contribution in [3.8, 4) is 5.75 Å². The Bertz CT molecular complexity index is 1040. The molecule has 5 nitrogen and oxygen atoms in total. The first-order valence-electron chi connectivity index (χ1n) is 7.13. The molecule has 0 aliphatic rings. The molecule has 0 aliphatic carbocycles. The molecule has 3 rings (SSSR count). The van der Waals surface area contributed by atoms with Gasteiger partial charge < -0.3 is 9.67 Å². The number of aryl methyl sites for hydroxylation is 1. The fraction of sp³-hybridized carbons (Fsp3) is 0.118. The van der Waals surface area contributed by atoms with Crippen molar-refractivity contribution in [3.05, 3.63) is 65.0 Å². The van der Waals surface area contributed by atoms with E-state index in [2.05, 4.69) is 0 Å². The molecule has 0 spiro atoms. The highest BCUT2D eigenvalue weighted by atomic mass is 32.2. The number of rotatable bonds is 3. The molecule has 0 unspecified atom stereocenters. The minimum atomic E-state index is -4.11. The highest BCUT2D eigenvalue weighted by Gasteiger charge is 2.28. The molecule has 3 aromatic rings. The number of hydrogen-bond donors (Lipinski definition) is 1. The fourth-order valence-corrected chi connectivity index (χ4v) is 4.09. The van der Waals surface area contributed by atoms with Crippen LogP contribution in [0.4, 0.5) is 0 Å². The predicted octanol–water partition coefficient (Wildman–Crippen LogP) is 2.56. The zero-order chi connectivity index (χ0) is 16.6. The number of aromatic nitrogens is 1. The molecule has 0 saturated carbocycles. The SMILES string of the molecule is CCn1c(=O)c(S(=O)(=O)c2ccccc2)c(O)c2ccccc21. The largest absolute Gasteiger partial charge is 0.506 e. The fourth-order valence-electron chi connectivity index (χ4n) is 2.64. The van der Waals surface area contributed by atoms with E-state index in [1.165, 1.54) is 16.7 Å². The zero-order valence-electron chi connectivity index (χ0n) is 12.4. The summed E-state index contributed by atoms with van der Waals surface area (Å²) < 4.78 is 27.0. The molecule has 0 atom stereocenters. The first kappa shape index (κ1) is 15.3. The van der Waals surface area contributed by atoms with E-state index in [4.69, 9.17) is 0 Å². The van der Waals surface area contributed by atoms with Gasteiger partial charge in [-0.05, 0) is 31.2 Å². The van der Waals surface area contributed by atoms with Gasteiger partial charge in [0.15, 0.2) is 4.90 Å². The summed E-state index contributed by atoms with van der Waals surface area (Å²) in [4.78, 5) is 12.1. The Morgan fingerprint density at radius 2 is 1.61 bits per heavy atom. The maximum absolute atomic E-state index is 12.8. The normalized spacial score (nSPS) is 11.7. The zero-order valence-corrected chi connectivity index (χ0v) is 13.2. The van der Waals surface area contributed by atoms with E-state index in [1.807, 2.05) is 0 Å². The van der Waals surface area contributed by atoms with E-state index < -0.39 is 26.0 Å². The molecule has 6 heteroatoms. The lowest BCUT2D eigenvalue weighted by Gasteiger charge is -2.13. The van der Waals surface area contributed by atoms with Crippen molar-refractivity contribution in [1.82, 2.24) is 4.57 Å². The number of nitrogens with zero attached hydrogens (tertiary/aromatic N) is 1. The van der Waals surface area contributed by atoms with Crippen molar-refractivity contribution >= 4 is 20.7 Å². The molecule has 0 radical (unpaired) electrons. The van der Waals surface area contributed by atoms with Crippen LogP contribution in [0.3, 0.4) is 0 Å². The van der Waals surface area contributed by atoms with Gasteiger partial charge in [-0.15, -0.1) is 0 Å². The monoisotopic (exact) mass is 329 g/mol. The number of hydrogen-bond acceptors (Lipinski definition) is 4. The number of aromatic hydroxyl groups is 1. The van der Waals surface area contributed by atoms with Gasteiger partial charge in [-0.2, -0.15) is 0 Å². The van der Waals surface area contributed by atoms with Crippen molar-refractivity contribution in [1.29, 1.82) is 0 Å². The lowest BCUT2D eigenvalue weighted by molar-refractivity contribution is 0.460. The molecule has 118 valence electrons. The first-order valence-corrected chi connectivity index (χ1v) is 8.61. The summed E-state index contributed by atoms with van der Waals surface area (Å²) in [7, 11) is -4.11. The van der Waals surface area contributed by atoms with Gasteiger partial charge in [-0.3, -0.25) is 4.79 Å². The molecular weight excluding hydrogens is 314 g/mol. The van der Waals surface area contributed by atoms with Gasteiger partial charge in [0.2, 0.25) is 9.84 Å². The van der Waals surface area contributed by atoms with Crippen LogP contribution in [0.2, 0.25) is 0 Å². The van der Waals surface area contributed by atoms with Gasteiger partial charge in [-0.25, -0.2) is 8.42 Å². The highest BCUT2D eigenvalue weighted by molar-refractivity contribution is 7.91. The van der Waals surface area contributed by atoms with E-state index in [9.17, 15) is 18.3 Å². The lowest BCUT2D eigenvalue weighted by atomic mass is 10.2. The molecule has 1 heterocycles. The highest BCUT2D eigenvalue weighted by Crippen LogP contribution is 2.32. The molecule has 0 fully saturated rings. The van der Waals surface area contributed by atoms with Crippen LogP contribution in [0.1, 0.15) is 6.92 Å². The van der Waals surface area contributed by atoms with E-state index in [0.717, 1.165) is 0 Å². The van der Waals surface area contributed by atoms with Crippen LogP contribution in [-0.4, -0.2) is 18.1 Å². The molecule has 1 N–H and O–H groups in total. The standard InChI is InChI=1S/C17H15NO4S/c1-2-18-14-11-7-6-10-13(14)15(19)16(17(18)20)23(21,22)12-8-4-3-5-9-12/h3-11,19H,2H2,1H3. The minimum Gasteiger partial charge on any atom is -0.506 e. The predicted molar refractivity (Wildman–Crippen MR) is 87.4 cm³/mol. The Hall–Kier alpha value is -2.60. The molecule has 0 bridgehead atoms. The van der Waals surface area contributed by atoms with Gasteiger partial charge in [0.05, 0.1) is 10.4 Å². The first-order chi connectivity index (χ1) is 11.0. The van der Waals surface area contributed by atoms with Crippen LogP contribution < -0.4 is 5.56 Å². The van der Waals surface area contributed by atoms with Gasteiger partial charge in [-0.1, -0.05) is 30.3 Å². The van der Waals surface area contributed by atoms with E-state index >= 15 is 0 Å². The summed E-state index contributed by atoms with van der Waals surface area (Å²) in [6.45, 7) is 2.06. The molecule has 0 aliphatic heterocycles. The molecule has 0 amide bonds. The van der Waals surface area contributed by atoms with E-state index in [-0.39, 0.29) is 4.90 Å². The van der Waals surface area contributed by atoms with Crippen molar-refractivity contribution < 1.29 is 13.5 Å². The van der Waals surface area contributed by atoms with E-state index in [0.29, 0.717) is 17.4 Å². The molecular formula is C17H15NO4S. The molecule has 0 saturated heterocycles. The maximum atomic E-state index is 12.8. The molecule has 1 aromatic heterocycles. The molecule has 23 heavy (non-hydrogen) atoms. The second kappa shape index (κ2) is 5.55. The van der Waals surface area contributed by atoms with Crippen LogP contribution in [0, 0.1) is 0 Å². The van der Waals surface area contributed by atoms with Gasteiger partial charge in [0, 0.05) is 11.9 Å². The third-order valence-electron chi connectivity index (χ3n) is 3.74. The molecule has 2 aromatic carbocycles. The number of benzene rings is 2. The summed E-state index contributed by atoms with van der Waals surface area (Å²) in [5, 5.41) is 10.8. The Labute approximate surface area is 133 Å². The van der Waals surface area contributed by atoms with Gasteiger partial charge >= 0.3 is 0 Å². The number of sulfone groups is 1. The summed E-state index contributed by atoms with van der Waals surface area (Å²) in [6.07, 6.45) is 0. The average Bonchev–Trinajstić information content (AvgIpc) is 2.56. The van der Waals surface area contributed by atoms with Crippen LogP contribution in [0.15, 0.2) is 69.2 Å². The number of fused-ring (bicyclic) bond motifs is 1. The maximum Gasteiger partial charge on any atom is 0.274 e. The third kappa shape index (κ3) is 2.31. The minimum absolute atomic E-state index is 0.0228. The summed E-state index contributed by atoms with van der Waals surface area (Å²) in [6, 6.07) is 14.3.